The molecule has 16 heavy (non-hydrogen) atoms. The van der Waals surface area contributed by atoms with Crippen molar-refractivity contribution in [1.82, 2.24) is 4.90 Å². The Bertz CT molecular complexity index is 192. The lowest BCUT2D eigenvalue weighted by Crippen LogP contribution is -2.41. The fourth-order valence-corrected chi connectivity index (χ4v) is 2.37. The van der Waals surface area contributed by atoms with Gasteiger partial charge in [-0.15, -0.1) is 0 Å². The fourth-order valence-electron chi connectivity index (χ4n) is 2.37. The molecule has 1 unspecified atom stereocenters. The van der Waals surface area contributed by atoms with Crippen LogP contribution < -0.4 is 0 Å². The number of β-amino-alcohol motifs (C(OH)–C–C–N with tert-alkyl or cyclic N) is 1. The van der Waals surface area contributed by atoms with E-state index in [2.05, 4.69) is 18.7 Å². The van der Waals surface area contributed by atoms with Crippen LogP contribution in [0.1, 0.15) is 40.0 Å². The van der Waals surface area contributed by atoms with Gasteiger partial charge in [-0.1, -0.05) is 13.8 Å². The van der Waals surface area contributed by atoms with Crippen molar-refractivity contribution in [3.05, 3.63) is 0 Å². The van der Waals surface area contributed by atoms with E-state index in [9.17, 15) is 5.11 Å². The van der Waals surface area contributed by atoms with Crippen LogP contribution in [-0.4, -0.2) is 48.5 Å². The Morgan fingerprint density at radius 3 is 2.56 bits per heavy atom. The Hall–Kier alpha value is -0.120. The third-order valence-corrected chi connectivity index (χ3v) is 3.76. The maximum absolute atomic E-state index is 10.3. The molecule has 0 saturated carbocycles. The molecule has 1 N–H and O–H groups in total. The summed E-state index contributed by atoms with van der Waals surface area (Å²) in [5.41, 5.74) is -0.486. The van der Waals surface area contributed by atoms with Crippen LogP contribution in [-0.2, 0) is 4.74 Å². The molecule has 1 rings (SSSR count). The van der Waals surface area contributed by atoms with E-state index in [0.29, 0.717) is 5.92 Å². The Morgan fingerprint density at radius 1 is 1.31 bits per heavy atom. The van der Waals surface area contributed by atoms with E-state index in [1.807, 2.05) is 6.92 Å². The molecular formula is C13H27NO2. The van der Waals surface area contributed by atoms with Crippen LogP contribution in [0.4, 0.5) is 0 Å². The SMILES string of the molecule is CCOCC1CCN(CC(O)(CC)CC)C1. The Morgan fingerprint density at radius 2 is 2.00 bits per heavy atom. The van der Waals surface area contributed by atoms with E-state index in [4.69, 9.17) is 4.74 Å². The predicted molar refractivity (Wildman–Crippen MR) is 66.6 cm³/mol. The normalized spacial score (nSPS) is 22.9. The molecule has 1 atom stereocenters. The van der Waals surface area contributed by atoms with Crippen molar-refractivity contribution in [2.24, 2.45) is 5.92 Å². The second-order valence-corrected chi connectivity index (χ2v) is 4.98. The van der Waals surface area contributed by atoms with E-state index in [0.717, 1.165) is 45.7 Å². The van der Waals surface area contributed by atoms with Crippen LogP contribution >= 0.6 is 0 Å². The number of hydrogen-bond acceptors (Lipinski definition) is 3. The second kappa shape index (κ2) is 6.58. The second-order valence-electron chi connectivity index (χ2n) is 4.98. The first kappa shape index (κ1) is 13.9. The molecule has 1 aliphatic rings. The lowest BCUT2D eigenvalue weighted by atomic mass is 9.97. The summed E-state index contributed by atoms with van der Waals surface area (Å²) >= 11 is 0. The maximum Gasteiger partial charge on any atom is 0.0768 e. The van der Waals surface area contributed by atoms with Crippen LogP contribution in [0.2, 0.25) is 0 Å². The fraction of sp³-hybridized carbons (Fsp3) is 1.00. The molecule has 1 heterocycles. The van der Waals surface area contributed by atoms with Gasteiger partial charge < -0.3 is 14.7 Å². The van der Waals surface area contributed by atoms with Gasteiger partial charge >= 0.3 is 0 Å². The van der Waals surface area contributed by atoms with Gasteiger partial charge in [0.25, 0.3) is 0 Å². The number of aliphatic hydroxyl groups is 1. The highest BCUT2D eigenvalue weighted by molar-refractivity contribution is 4.84. The third kappa shape index (κ3) is 4.04. The van der Waals surface area contributed by atoms with Crippen LogP contribution in [0.25, 0.3) is 0 Å². The van der Waals surface area contributed by atoms with Gasteiger partial charge in [0.1, 0.15) is 0 Å². The van der Waals surface area contributed by atoms with Crippen molar-refractivity contribution in [3.8, 4) is 0 Å². The minimum Gasteiger partial charge on any atom is -0.389 e. The van der Waals surface area contributed by atoms with E-state index < -0.39 is 5.60 Å². The summed E-state index contributed by atoms with van der Waals surface area (Å²) in [5.74, 6) is 0.665. The summed E-state index contributed by atoms with van der Waals surface area (Å²) in [5, 5.41) is 10.3. The highest BCUT2D eigenvalue weighted by Gasteiger charge is 2.30. The summed E-state index contributed by atoms with van der Waals surface area (Å²) in [6, 6.07) is 0. The average molecular weight is 229 g/mol. The van der Waals surface area contributed by atoms with Crippen molar-refractivity contribution >= 4 is 0 Å². The zero-order chi connectivity index (χ0) is 12.0. The summed E-state index contributed by atoms with van der Waals surface area (Å²) in [7, 11) is 0. The Labute approximate surface area is 99.8 Å². The van der Waals surface area contributed by atoms with E-state index in [1.165, 1.54) is 6.42 Å². The average Bonchev–Trinajstić information content (AvgIpc) is 2.73. The highest BCUT2D eigenvalue weighted by Crippen LogP contribution is 2.22. The van der Waals surface area contributed by atoms with Crippen molar-refractivity contribution in [1.29, 1.82) is 0 Å². The first-order valence-electron chi connectivity index (χ1n) is 6.66. The molecular weight excluding hydrogens is 202 g/mol. The zero-order valence-corrected chi connectivity index (χ0v) is 11.0. The smallest absolute Gasteiger partial charge is 0.0768 e. The van der Waals surface area contributed by atoms with Gasteiger partial charge in [0.15, 0.2) is 0 Å². The summed E-state index contributed by atoms with van der Waals surface area (Å²) in [4.78, 5) is 2.39. The minimum absolute atomic E-state index is 0.486. The van der Waals surface area contributed by atoms with Crippen LogP contribution in [0.3, 0.4) is 0 Å². The molecule has 0 amide bonds. The molecule has 1 fully saturated rings. The van der Waals surface area contributed by atoms with Crippen LogP contribution in [0, 0.1) is 5.92 Å². The van der Waals surface area contributed by atoms with Gasteiger partial charge in [0, 0.05) is 19.7 Å². The lowest BCUT2D eigenvalue weighted by molar-refractivity contribution is 0.000414. The number of likely N-dealkylation sites (tertiary alicyclic amines) is 1. The van der Waals surface area contributed by atoms with E-state index >= 15 is 0 Å². The first-order valence-corrected chi connectivity index (χ1v) is 6.66. The summed E-state index contributed by atoms with van der Waals surface area (Å²) < 4.78 is 5.46. The number of rotatable bonds is 7. The number of ether oxygens (including phenoxy) is 1. The summed E-state index contributed by atoms with van der Waals surface area (Å²) in [6.07, 6.45) is 2.90. The maximum atomic E-state index is 10.3. The molecule has 0 bridgehead atoms. The molecule has 0 radical (unpaired) electrons. The highest BCUT2D eigenvalue weighted by atomic mass is 16.5. The topological polar surface area (TPSA) is 32.7 Å². The molecule has 3 nitrogen and oxygen atoms in total. The Kier molecular flexibility index (Phi) is 5.73. The standard InChI is InChI=1S/C13H27NO2/c1-4-13(15,5-2)11-14-8-7-12(9-14)10-16-6-3/h12,15H,4-11H2,1-3H3. The van der Waals surface area contributed by atoms with E-state index in [-0.39, 0.29) is 0 Å². The molecule has 0 aromatic heterocycles. The molecule has 1 aliphatic heterocycles. The lowest BCUT2D eigenvalue weighted by Gasteiger charge is -2.30. The molecule has 0 spiro atoms. The van der Waals surface area contributed by atoms with Gasteiger partial charge in [0.05, 0.1) is 12.2 Å². The molecule has 1 saturated heterocycles. The minimum atomic E-state index is -0.486. The predicted octanol–water partition coefficient (Wildman–Crippen LogP) is 1.90. The quantitative estimate of drug-likeness (QED) is 0.723. The monoisotopic (exact) mass is 229 g/mol. The molecule has 0 aliphatic carbocycles. The Balaban J connectivity index is 2.30. The largest absolute Gasteiger partial charge is 0.389 e. The molecule has 0 aromatic carbocycles. The zero-order valence-electron chi connectivity index (χ0n) is 11.0. The number of nitrogens with zero attached hydrogens (tertiary/aromatic N) is 1. The van der Waals surface area contributed by atoms with Gasteiger partial charge in [-0.25, -0.2) is 0 Å². The molecule has 96 valence electrons. The van der Waals surface area contributed by atoms with E-state index in [1.54, 1.807) is 0 Å². The molecule has 3 heteroatoms. The number of hydrogen-bond donors (Lipinski definition) is 1. The van der Waals surface area contributed by atoms with Crippen LogP contribution in [0.5, 0.6) is 0 Å². The van der Waals surface area contributed by atoms with Gasteiger partial charge in [-0.05, 0) is 38.6 Å². The first-order chi connectivity index (χ1) is 7.63. The van der Waals surface area contributed by atoms with Gasteiger partial charge in [0.2, 0.25) is 0 Å². The summed E-state index contributed by atoms with van der Waals surface area (Å²) in [6.45, 7) is 10.9. The van der Waals surface area contributed by atoms with Crippen molar-refractivity contribution < 1.29 is 9.84 Å². The van der Waals surface area contributed by atoms with Gasteiger partial charge in [-0.3, -0.25) is 0 Å². The third-order valence-electron chi connectivity index (χ3n) is 3.76. The van der Waals surface area contributed by atoms with Crippen molar-refractivity contribution in [2.45, 2.75) is 45.6 Å². The van der Waals surface area contributed by atoms with Gasteiger partial charge in [-0.2, -0.15) is 0 Å². The molecule has 0 aromatic rings. The van der Waals surface area contributed by atoms with Crippen molar-refractivity contribution in [2.75, 3.05) is 32.8 Å². The van der Waals surface area contributed by atoms with Crippen LogP contribution in [0.15, 0.2) is 0 Å². The van der Waals surface area contributed by atoms with Crippen molar-refractivity contribution in [3.63, 3.8) is 0 Å².